The number of rotatable bonds is 11. The number of nitrogens with one attached hydrogen (secondary N) is 1. The molecular weight excluding hydrogens is 657 g/mol. The number of para-hydroxylation sites is 1. The summed E-state index contributed by atoms with van der Waals surface area (Å²) in [4.78, 5) is 28.2. The van der Waals surface area contributed by atoms with Gasteiger partial charge in [-0.15, -0.1) is 0 Å². The van der Waals surface area contributed by atoms with Crippen molar-refractivity contribution in [1.29, 1.82) is 0 Å². The summed E-state index contributed by atoms with van der Waals surface area (Å²) < 4.78 is 40.3. The molecule has 4 aromatic rings. The Morgan fingerprint density at radius 3 is 2.40 bits per heavy atom. The van der Waals surface area contributed by atoms with Crippen LogP contribution in [0.25, 0.3) is 17.3 Å². The second kappa shape index (κ2) is 14.5. The van der Waals surface area contributed by atoms with Gasteiger partial charge in [0.15, 0.2) is 5.70 Å². The predicted molar refractivity (Wildman–Crippen MR) is 202 cm³/mol. The third-order valence-corrected chi connectivity index (χ3v) is 10.3. The number of allylic oxidation sites excluding steroid dienone is 2. The molecule has 0 bridgehead atoms. The number of carbonyl (C=O) groups is 2. The number of hydrogen-bond donors (Lipinski definition) is 1. The molecule has 0 saturated heterocycles. The van der Waals surface area contributed by atoms with Crippen LogP contribution in [-0.2, 0) is 16.1 Å². The SMILES string of the molecule is COc1ccc(-c2ccc3n2[B-](F)(F)[N+]2=C(C)C(CCC(=O)NCCCCCC(=O)N4Cc5ccccc5C#Cc5ccccc54)=C(C)C2=C3)cc1. The largest absolute Gasteiger partial charge is 0.737 e. The number of halogens is 2. The van der Waals surface area contributed by atoms with Gasteiger partial charge in [0, 0.05) is 66.0 Å². The van der Waals surface area contributed by atoms with Crippen LogP contribution in [0.3, 0.4) is 0 Å². The molecule has 0 unspecified atom stereocenters. The van der Waals surface area contributed by atoms with E-state index in [0.717, 1.165) is 55.3 Å². The number of unbranched alkanes of at least 4 members (excludes halogenated alkanes) is 2. The lowest BCUT2D eigenvalue weighted by atomic mass is 9.89. The molecule has 7 rings (SSSR count). The van der Waals surface area contributed by atoms with Crippen molar-refractivity contribution in [2.75, 3.05) is 18.6 Å². The van der Waals surface area contributed by atoms with Crippen LogP contribution < -0.4 is 15.0 Å². The Morgan fingerprint density at radius 1 is 0.885 bits per heavy atom. The van der Waals surface area contributed by atoms with Crippen LogP contribution in [0, 0.1) is 11.8 Å². The van der Waals surface area contributed by atoms with E-state index in [0.29, 0.717) is 66.5 Å². The monoisotopic (exact) mass is 698 g/mol. The lowest BCUT2D eigenvalue weighted by Crippen LogP contribution is -2.50. The Kier molecular flexibility index (Phi) is 9.70. The Morgan fingerprint density at radius 2 is 1.62 bits per heavy atom. The number of benzene rings is 3. The van der Waals surface area contributed by atoms with Gasteiger partial charge in [-0.05, 0) is 91.9 Å². The Hall–Kier alpha value is -5.69. The van der Waals surface area contributed by atoms with E-state index in [4.69, 9.17) is 4.74 Å². The molecule has 3 aliphatic rings. The van der Waals surface area contributed by atoms with Crippen molar-refractivity contribution in [1.82, 2.24) is 9.79 Å². The number of nitrogens with zero attached hydrogens (tertiary/aromatic N) is 3. The lowest BCUT2D eigenvalue weighted by molar-refractivity contribution is -0.362. The second-order valence-corrected chi connectivity index (χ2v) is 13.5. The summed E-state index contributed by atoms with van der Waals surface area (Å²) in [5.74, 6) is 7.07. The maximum Gasteiger partial charge on any atom is 0.737 e. The first-order chi connectivity index (χ1) is 25.2. The van der Waals surface area contributed by atoms with Crippen molar-refractivity contribution in [3.8, 4) is 28.8 Å². The van der Waals surface area contributed by atoms with Crippen LogP contribution in [0.5, 0.6) is 5.75 Å². The molecule has 10 heteroatoms. The highest BCUT2D eigenvalue weighted by Gasteiger charge is 2.54. The zero-order chi connectivity index (χ0) is 36.4. The summed E-state index contributed by atoms with van der Waals surface area (Å²) in [6.07, 6.45) is 4.99. The van der Waals surface area contributed by atoms with Crippen molar-refractivity contribution < 1.29 is 27.4 Å². The predicted octanol–water partition coefficient (Wildman–Crippen LogP) is 7.95. The number of methoxy groups -OCH3 is 1. The molecule has 0 saturated carbocycles. The van der Waals surface area contributed by atoms with Gasteiger partial charge in [0.2, 0.25) is 11.8 Å². The van der Waals surface area contributed by atoms with Crippen LogP contribution in [-0.4, -0.2) is 47.1 Å². The Balaban J connectivity index is 0.914. The van der Waals surface area contributed by atoms with Gasteiger partial charge in [-0.1, -0.05) is 48.6 Å². The minimum Gasteiger partial charge on any atom is -0.497 e. The fourth-order valence-electron chi connectivity index (χ4n) is 7.54. The van der Waals surface area contributed by atoms with E-state index in [1.54, 1.807) is 50.4 Å². The number of ether oxygens (including phenoxy) is 1. The van der Waals surface area contributed by atoms with Crippen LogP contribution in [0.4, 0.5) is 14.3 Å². The molecule has 0 atom stereocenters. The first kappa shape index (κ1) is 34.7. The molecule has 264 valence electrons. The number of carbonyl (C=O) groups excluding carboxylic acids is 2. The number of fused-ring (bicyclic) bond motifs is 4. The first-order valence-corrected chi connectivity index (χ1v) is 17.9. The zero-order valence-electron chi connectivity index (χ0n) is 29.7. The fraction of sp³-hybridized carbons (Fsp3) is 0.262. The van der Waals surface area contributed by atoms with Crippen molar-refractivity contribution in [2.24, 2.45) is 0 Å². The van der Waals surface area contributed by atoms with Crippen molar-refractivity contribution in [3.05, 3.63) is 124 Å². The summed E-state index contributed by atoms with van der Waals surface area (Å²) >= 11 is 0. The van der Waals surface area contributed by atoms with Gasteiger partial charge >= 0.3 is 6.97 Å². The maximum absolute atomic E-state index is 16.4. The summed E-state index contributed by atoms with van der Waals surface area (Å²) in [7, 11) is 1.57. The van der Waals surface area contributed by atoms with E-state index < -0.39 is 6.97 Å². The van der Waals surface area contributed by atoms with Crippen LogP contribution in [0.2, 0.25) is 0 Å². The summed E-state index contributed by atoms with van der Waals surface area (Å²) in [5, 5.41) is 2.98. The number of aromatic nitrogens is 1. The van der Waals surface area contributed by atoms with E-state index in [2.05, 4.69) is 17.2 Å². The molecule has 52 heavy (non-hydrogen) atoms. The van der Waals surface area contributed by atoms with Crippen molar-refractivity contribution in [3.63, 3.8) is 0 Å². The summed E-state index contributed by atoms with van der Waals surface area (Å²) in [6.45, 7) is 0.357. The molecule has 0 aliphatic carbocycles. The van der Waals surface area contributed by atoms with Crippen molar-refractivity contribution >= 4 is 36.3 Å². The maximum atomic E-state index is 16.4. The van der Waals surface area contributed by atoms with E-state index in [9.17, 15) is 9.59 Å². The number of anilines is 1. The summed E-state index contributed by atoms with van der Waals surface area (Å²) in [5.41, 5.74) is 7.67. The minimum atomic E-state index is -4.18. The molecule has 2 amide bonds. The number of hydrogen-bond acceptors (Lipinski definition) is 3. The van der Waals surface area contributed by atoms with Gasteiger partial charge < -0.3 is 32.5 Å². The molecule has 0 radical (unpaired) electrons. The van der Waals surface area contributed by atoms with Gasteiger partial charge in [0.05, 0.1) is 19.3 Å². The molecule has 4 heterocycles. The molecule has 1 N–H and O–H groups in total. The zero-order valence-corrected chi connectivity index (χ0v) is 29.7. The lowest BCUT2D eigenvalue weighted by Gasteiger charge is -2.31. The van der Waals surface area contributed by atoms with Crippen LogP contribution in [0.1, 0.15) is 74.8 Å². The highest BCUT2D eigenvalue weighted by molar-refractivity contribution is 6.58. The van der Waals surface area contributed by atoms with E-state index in [1.807, 2.05) is 66.4 Å². The van der Waals surface area contributed by atoms with Gasteiger partial charge in [-0.25, -0.2) is 0 Å². The van der Waals surface area contributed by atoms with E-state index >= 15 is 8.63 Å². The molecule has 0 fully saturated rings. The van der Waals surface area contributed by atoms with Gasteiger partial charge in [-0.3, -0.25) is 9.59 Å². The van der Waals surface area contributed by atoms with Crippen LogP contribution in [0.15, 0.2) is 102 Å². The molecule has 3 aliphatic heterocycles. The van der Waals surface area contributed by atoms with Gasteiger partial charge in [-0.2, -0.15) is 0 Å². The fourth-order valence-corrected chi connectivity index (χ4v) is 7.54. The smallest absolute Gasteiger partial charge is 0.497 e. The molecule has 7 nitrogen and oxygen atoms in total. The Labute approximate surface area is 303 Å². The topological polar surface area (TPSA) is 66.6 Å². The quantitative estimate of drug-likeness (QED) is 0.0983. The summed E-state index contributed by atoms with van der Waals surface area (Å²) in [6, 6.07) is 26.2. The normalized spacial score (nSPS) is 15.3. The third-order valence-electron chi connectivity index (χ3n) is 10.3. The average Bonchev–Trinajstić information content (AvgIpc) is 3.68. The molecular formula is C42H41BF2N4O3. The average molecular weight is 699 g/mol. The molecule has 1 aromatic heterocycles. The van der Waals surface area contributed by atoms with Crippen LogP contribution >= 0.6 is 0 Å². The highest BCUT2D eigenvalue weighted by atomic mass is 19.2. The molecule has 3 aromatic carbocycles. The molecule has 0 spiro atoms. The highest BCUT2D eigenvalue weighted by Crippen LogP contribution is 2.41. The second-order valence-electron chi connectivity index (χ2n) is 13.5. The Bertz CT molecular complexity index is 2220. The standard InChI is InChI=1S/C42H41BF2N4O3/c1-29-37(30(2)48-40(29)27-35-20-24-39(49(35)43(48,44)45)33-18-21-36(52-3)22-19-33)23-25-41(50)46-26-10-4-5-15-42(51)47-28-34-13-7-6-11-31(34)16-17-32-12-8-9-14-38(32)47/h6-9,11-14,18-22,24,27H,4-5,10,15,23,25-26,28H2,1-3H3,(H,46,50). The third kappa shape index (κ3) is 6.59. The van der Waals surface area contributed by atoms with E-state index in [1.165, 1.54) is 0 Å². The van der Waals surface area contributed by atoms with Gasteiger partial charge in [0.25, 0.3) is 0 Å². The minimum absolute atomic E-state index is 0.0462. The van der Waals surface area contributed by atoms with Crippen molar-refractivity contribution in [2.45, 2.75) is 58.9 Å². The van der Waals surface area contributed by atoms with Gasteiger partial charge in [0.1, 0.15) is 11.5 Å². The van der Waals surface area contributed by atoms with E-state index in [-0.39, 0.29) is 18.2 Å². The first-order valence-electron chi connectivity index (χ1n) is 17.9. The number of amides is 2.